The van der Waals surface area contributed by atoms with E-state index in [0.29, 0.717) is 4.75 Å². The standard InChI is InChI=1S/C14H20N2S2/c1-14(2)8-9-16(10-11-18-14)13(17)15-12-6-4-3-5-7-12/h3-7H,8-11H2,1-2H3,(H,15,17). The molecule has 2 rings (SSSR count). The van der Waals surface area contributed by atoms with E-state index in [2.05, 4.69) is 24.1 Å². The molecule has 0 saturated carbocycles. The van der Waals surface area contributed by atoms with Gasteiger partial charge >= 0.3 is 0 Å². The van der Waals surface area contributed by atoms with Crippen molar-refractivity contribution < 1.29 is 0 Å². The van der Waals surface area contributed by atoms with Crippen LogP contribution in [0.3, 0.4) is 0 Å². The smallest absolute Gasteiger partial charge is 0.173 e. The highest BCUT2D eigenvalue weighted by Gasteiger charge is 2.24. The van der Waals surface area contributed by atoms with Gasteiger partial charge in [-0.25, -0.2) is 0 Å². The number of nitrogens with one attached hydrogen (secondary N) is 1. The van der Waals surface area contributed by atoms with Gasteiger partial charge in [0.2, 0.25) is 0 Å². The zero-order valence-electron chi connectivity index (χ0n) is 11.0. The van der Waals surface area contributed by atoms with E-state index in [1.165, 1.54) is 6.42 Å². The SMILES string of the molecule is CC1(C)CCN(C(=S)Nc2ccccc2)CCS1. The molecule has 1 aliphatic rings. The molecule has 1 fully saturated rings. The molecule has 1 aromatic carbocycles. The molecule has 0 amide bonds. The Bertz CT molecular complexity index is 404. The maximum Gasteiger partial charge on any atom is 0.173 e. The normalized spacial score (nSPS) is 19.1. The van der Waals surface area contributed by atoms with E-state index in [9.17, 15) is 0 Å². The average molecular weight is 280 g/mol. The summed E-state index contributed by atoms with van der Waals surface area (Å²) in [6.07, 6.45) is 1.17. The molecular weight excluding hydrogens is 260 g/mol. The van der Waals surface area contributed by atoms with Crippen molar-refractivity contribution in [3.63, 3.8) is 0 Å². The van der Waals surface area contributed by atoms with Crippen molar-refractivity contribution in [2.24, 2.45) is 0 Å². The first kappa shape index (κ1) is 13.7. The molecule has 1 heterocycles. The molecule has 18 heavy (non-hydrogen) atoms. The van der Waals surface area contributed by atoms with Gasteiger partial charge in [0.1, 0.15) is 0 Å². The van der Waals surface area contributed by atoms with Crippen molar-refractivity contribution in [1.29, 1.82) is 0 Å². The van der Waals surface area contributed by atoms with Gasteiger partial charge in [0.05, 0.1) is 0 Å². The number of rotatable bonds is 1. The molecule has 1 saturated heterocycles. The summed E-state index contributed by atoms with van der Waals surface area (Å²) in [7, 11) is 0. The molecule has 1 aliphatic heterocycles. The lowest BCUT2D eigenvalue weighted by Crippen LogP contribution is -2.36. The molecule has 4 heteroatoms. The summed E-state index contributed by atoms with van der Waals surface area (Å²) in [4.78, 5) is 2.28. The molecule has 0 unspecified atom stereocenters. The Morgan fingerprint density at radius 1 is 1.28 bits per heavy atom. The van der Waals surface area contributed by atoms with Crippen LogP contribution < -0.4 is 5.32 Å². The van der Waals surface area contributed by atoms with Crippen molar-refractivity contribution >= 4 is 34.8 Å². The van der Waals surface area contributed by atoms with Crippen LogP contribution in [-0.4, -0.2) is 33.6 Å². The molecule has 1 N–H and O–H groups in total. The summed E-state index contributed by atoms with van der Waals surface area (Å²) in [5, 5.41) is 4.16. The number of thiocarbonyl (C=S) groups is 1. The van der Waals surface area contributed by atoms with Crippen LogP contribution in [0.15, 0.2) is 30.3 Å². The number of hydrogen-bond donors (Lipinski definition) is 1. The Hall–Kier alpha value is -0.740. The summed E-state index contributed by atoms with van der Waals surface area (Å²) in [5.41, 5.74) is 1.07. The minimum atomic E-state index is 0.372. The second kappa shape index (κ2) is 5.93. The van der Waals surface area contributed by atoms with E-state index in [4.69, 9.17) is 12.2 Å². The lowest BCUT2D eigenvalue weighted by atomic mass is 10.1. The number of nitrogens with zero attached hydrogens (tertiary/aromatic N) is 1. The van der Waals surface area contributed by atoms with Gasteiger partial charge < -0.3 is 10.2 Å². The maximum absolute atomic E-state index is 5.50. The van der Waals surface area contributed by atoms with Gasteiger partial charge in [-0.15, -0.1) is 0 Å². The number of benzene rings is 1. The quantitative estimate of drug-likeness (QED) is 0.790. The number of hydrogen-bond acceptors (Lipinski definition) is 2. The Morgan fingerprint density at radius 3 is 2.72 bits per heavy atom. The van der Waals surface area contributed by atoms with Crippen LogP contribution in [0.1, 0.15) is 20.3 Å². The molecule has 0 atom stereocenters. The Balaban J connectivity index is 1.93. The molecular formula is C14H20N2S2. The summed E-state index contributed by atoms with van der Waals surface area (Å²) in [5.74, 6) is 1.14. The van der Waals surface area contributed by atoms with E-state index in [1.54, 1.807) is 0 Å². The van der Waals surface area contributed by atoms with Crippen molar-refractivity contribution in [3.05, 3.63) is 30.3 Å². The van der Waals surface area contributed by atoms with E-state index in [0.717, 1.165) is 29.6 Å². The number of anilines is 1. The number of thioether (sulfide) groups is 1. The van der Waals surface area contributed by atoms with E-state index >= 15 is 0 Å². The van der Waals surface area contributed by atoms with Crippen molar-refractivity contribution in [2.75, 3.05) is 24.2 Å². The van der Waals surface area contributed by atoms with Crippen LogP contribution in [0.4, 0.5) is 5.69 Å². The van der Waals surface area contributed by atoms with E-state index < -0.39 is 0 Å². The van der Waals surface area contributed by atoms with Crippen LogP contribution >= 0.6 is 24.0 Å². The lowest BCUT2D eigenvalue weighted by Gasteiger charge is -2.25. The highest BCUT2D eigenvalue weighted by atomic mass is 32.2. The first-order chi connectivity index (χ1) is 8.57. The third kappa shape index (κ3) is 3.89. The van der Waals surface area contributed by atoms with Crippen LogP contribution in [0, 0.1) is 0 Å². The topological polar surface area (TPSA) is 15.3 Å². The van der Waals surface area contributed by atoms with Gasteiger partial charge in [-0.05, 0) is 30.8 Å². The van der Waals surface area contributed by atoms with Crippen LogP contribution in [-0.2, 0) is 0 Å². The second-order valence-electron chi connectivity index (χ2n) is 5.14. The van der Waals surface area contributed by atoms with Crippen LogP contribution in [0.2, 0.25) is 0 Å². The first-order valence-electron chi connectivity index (χ1n) is 6.32. The minimum absolute atomic E-state index is 0.372. The average Bonchev–Trinajstić information content (AvgIpc) is 2.51. The van der Waals surface area contributed by atoms with Gasteiger partial charge in [-0.3, -0.25) is 0 Å². The van der Waals surface area contributed by atoms with Crippen molar-refractivity contribution in [1.82, 2.24) is 4.90 Å². The predicted octanol–water partition coefficient (Wildman–Crippen LogP) is 3.60. The summed E-state index contributed by atoms with van der Waals surface area (Å²) >= 11 is 7.54. The maximum atomic E-state index is 5.50. The zero-order valence-corrected chi connectivity index (χ0v) is 12.6. The Morgan fingerprint density at radius 2 is 2.00 bits per heavy atom. The van der Waals surface area contributed by atoms with Crippen molar-refractivity contribution in [3.8, 4) is 0 Å². The summed E-state index contributed by atoms with van der Waals surface area (Å²) in [6.45, 7) is 6.70. The highest BCUT2D eigenvalue weighted by molar-refractivity contribution is 8.00. The van der Waals surface area contributed by atoms with E-state index in [1.807, 2.05) is 42.1 Å². The van der Waals surface area contributed by atoms with Gasteiger partial charge in [0.15, 0.2) is 5.11 Å². The zero-order chi connectivity index (χ0) is 13.0. The van der Waals surface area contributed by atoms with Gasteiger partial charge in [-0.2, -0.15) is 11.8 Å². The first-order valence-corrected chi connectivity index (χ1v) is 7.71. The van der Waals surface area contributed by atoms with Gasteiger partial charge in [0.25, 0.3) is 0 Å². The molecule has 1 aromatic rings. The van der Waals surface area contributed by atoms with Crippen LogP contribution in [0.25, 0.3) is 0 Å². The second-order valence-corrected chi connectivity index (χ2v) is 7.33. The largest absolute Gasteiger partial charge is 0.348 e. The summed E-state index contributed by atoms with van der Waals surface area (Å²) < 4.78 is 0.372. The number of para-hydroxylation sites is 1. The minimum Gasteiger partial charge on any atom is -0.348 e. The Labute approximate surface area is 119 Å². The van der Waals surface area contributed by atoms with E-state index in [-0.39, 0.29) is 0 Å². The van der Waals surface area contributed by atoms with Gasteiger partial charge in [0, 0.05) is 29.3 Å². The molecule has 0 aliphatic carbocycles. The molecule has 0 spiro atoms. The molecule has 98 valence electrons. The monoisotopic (exact) mass is 280 g/mol. The van der Waals surface area contributed by atoms with Crippen molar-refractivity contribution in [2.45, 2.75) is 25.0 Å². The third-order valence-electron chi connectivity index (χ3n) is 3.15. The highest BCUT2D eigenvalue weighted by Crippen LogP contribution is 2.30. The molecule has 0 radical (unpaired) electrons. The van der Waals surface area contributed by atoms with Gasteiger partial charge in [-0.1, -0.05) is 32.0 Å². The summed E-state index contributed by atoms with van der Waals surface area (Å²) in [6, 6.07) is 10.1. The van der Waals surface area contributed by atoms with Crippen LogP contribution in [0.5, 0.6) is 0 Å². The Kier molecular flexibility index (Phi) is 4.51. The fourth-order valence-electron chi connectivity index (χ4n) is 1.95. The molecule has 2 nitrogen and oxygen atoms in total. The third-order valence-corrected chi connectivity index (χ3v) is 4.88. The fraction of sp³-hybridized carbons (Fsp3) is 0.500. The lowest BCUT2D eigenvalue weighted by molar-refractivity contribution is 0.428. The fourth-order valence-corrected chi connectivity index (χ4v) is 3.35. The molecule has 0 bridgehead atoms. The predicted molar refractivity (Wildman–Crippen MR) is 85.4 cm³/mol. The molecule has 0 aromatic heterocycles.